The molecule has 1 aliphatic heterocycles. The molecular formula is C14H16ClF3N2O. The number of likely N-dealkylation sites (tertiary alicyclic amines) is 1. The summed E-state index contributed by atoms with van der Waals surface area (Å²) in [6.45, 7) is 1.25. The zero-order chi connectivity index (χ0) is 15.5. The number of carbonyl (C=O) groups excluding carboxylic acids is 1. The van der Waals surface area contributed by atoms with Crippen LogP contribution in [0.1, 0.15) is 18.4 Å². The molecule has 1 N–H and O–H groups in total. The molecule has 2 atom stereocenters. The fraction of sp³-hybridized carbons (Fsp3) is 0.500. The number of nitrogens with one attached hydrogen (secondary N) is 1. The molecule has 116 valence electrons. The monoisotopic (exact) mass is 320 g/mol. The van der Waals surface area contributed by atoms with Crippen LogP contribution in [0, 0.1) is 0 Å². The van der Waals surface area contributed by atoms with Crippen LogP contribution in [0.2, 0.25) is 0 Å². The molecular weight excluding hydrogens is 305 g/mol. The number of rotatable bonds is 4. The molecule has 3 nitrogen and oxygen atoms in total. The molecule has 21 heavy (non-hydrogen) atoms. The Hall–Kier alpha value is -1.27. The Morgan fingerprint density at radius 3 is 2.86 bits per heavy atom. The van der Waals surface area contributed by atoms with E-state index in [9.17, 15) is 18.0 Å². The van der Waals surface area contributed by atoms with Gasteiger partial charge in [-0.05, 0) is 31.0 Å². The lowest BCUT2D eigenvalue weighted by Crippen LogP contribution is -2.45. The lowest BCUT2D eigenvalue weighted by atomic mass is 10.0. The van der Waals surface area contributed by atoms with Crippen LogP contribution in [-0.4, -0.2) is 35.8 Å². The maximum Gasteiger partial charge on any atom is 0.416 e. The predicted molar refractivity (Wildman–Crippen MR) is 75.4 cm³/mol. The van der Waals surface area contributed by atoms with E-state index in [0.717, 1.165) is 25.0 Å². The normalized spacial score (nSPS) is 21.8. The number of anilines is 1. The van der Waals surface area contributed by atoms with Gasteiger partial charge in [-0.2, -0.15) is 13.2 Å². The highest BCUT2D eigenvalue weighted by Gasteiger charge is 2.31. The molecule has 1 saturated heterocycles. The number of nitrogens with zero attached hydrogens (tertiary/aromatic N) is 1. The van der Waals surface area contributed by atoms with Crippen molar-refractivity contribution in [3.05, 3.63) is 29.8 Å². The van der Waals surface area contributed by atoms with Gasteiger partial charge in [0.15, 0.2) is 6.29 Å². The van der Waals surface area contributed by atoms with E-state index in [-0.39, 0.29) is 6.04 Å². The van der Waals surface area contributed by atoms with Gasteiger partial charge in [0.25, 0.3) is 0 Å². The molecule has 1 fully saturated rings. The Bertz CT molecular complexity index is 495. The molecule has 2 rings (SSSR count). The Morgan fingerprint density at radius 1 is 1.43 bits per heavy atom. The van der Waals surface area contributed by atoms with Crippen molar-refractivity contribution in [2.75, 3.05) is 18.4 Å². The van der Waals surface area contributed by atoms with E-state index in [2.05, 4.69) is 5.32 Å². The number of halogens is 4. The zero-order valence-corrected chi connectivity index (χ0v) is 12.0. The van der Waals surface area contributed by atoms with Gasteiger partial charge >= 0.3 is 6.18 Å². The first-order valence-corrected chi connectivity index (χ1v) is 7.11. The van der Waals surface area contributed by atoms with E-state index in [0.29, 0.717) is 25.1 Å². The van der Waals surface area contributed by atoms with Crippen molar-refractivity contribution in [2.24, 2.45) is 0 Å². The number of piperidine rings is 1. The Labute approximate surface area is 126 Å². The highest BCUT2D eigenvalue weighted by Crippen LogP contribution is 2.31. The lowest BCUT2D eigenvalue weighted by molar-refractivity contribution is -0.137. The predicted octanol–water partition coefficient (Wildman–Crippen LogP) is 3.35. The molecule has 7 heteroatoms. The second-order valence-corrected chi connectivity index (χ2v) is 5.51. The third kappa shape index (κ3) is 4.35. The molecule has 0 bridgehead atoms. The summed E-state index contributed by atoms with van der Waals surface area (Å²) in [7, 11) is 0. The van der Waals surface area contributed by atoms with Crippen LogP contribution in [0.5, 0.6) is 0 Å². The van der Waals surface area contributed by atoms with Crippen molar-refractivity contribution in [3.63, 3.8) is 0 Å². The van der Waals surface area contributed by atoms with Gasteiger partial charge in [0.05, 0.1) is 5.56 Å². The Morgan fingerprint density at radius 2 is 2.19 bits per heavy atom. The van der Waals surface area contributed by atoms with Gasteiger partial charge in [-0.25, -0.2) is 0 Å². The fourth-order valence-electron chi connectivity index (χ4n) is 2.46. The van der Waals surface area contributed by atoms with Crippen LogP contribution < -0.4 is 5.32 Å². The lowest BCUT2D eigenvalue weighted by Gasteiger charge is -2.34. The minimum absolute atomic E-state index is 0.0246. The number of hydrogen-bond acceptors (Lipinski definition) is 3. The number of alkyl halides is 4. The maximum atomic E-state index is 12.7. The Kier molecular flexibility index (Phi) is 5.11. The van der Waals surface area contributed by atoms with E-state index >= 15 is 0 Å². The van der Waals surface area contributed by atoms with Gasteiger partial charge in [0.1, 0.15) is 5.50 Å². The highest BCUT2D eigenvalue weighted by molar-refractivity contribution is 6.27. The average Bonchev–Trinajstić information content (AvgIpc) is 2.46. The molecule has 1 aromatic rings. The minimum atomic E-state index is -4.35. The Balaban J connectivity index is 2.03. The van der Waals surface area contributed by atoms with Crippen LogP contribution >= 0.6 is 11.6 Å². The smallest absolute Gasteiger partial charge is 0.381 e. The molecule has 1 aliphatic rings. The molecule has 0 spiro atoms. The summed E-state index contributed by atoms with van der Waals surface area (Å²) in [6, 6.07) is 5.09. The molecule has 0 radical (unpaired) electrons. The molecule has 1 unspecified atom stereocenters. The zero-order valence-electron chi connectivity index (χ0n) is 11.2. The summed E-state index contributed by atoms with van der Waals surface area (Å²) in [5.74, 6) is 0. The van der Waals surface area contributed by atoms with E-state index in [1.54, 1.807) is 6.07 Å². The second-order valence-electron chi connectivity index (χ2n) is 5.07. The summed E-state index contributed by atoms with van der Waals surface area (Å²) in [5, 5.41) is 3.09. The first kappa shape index (κ1) is 16.1. The number of aldehydes is 1. The van der Waals surface area contributed by atoms with Crippen LogP contribution in [0.3, 0.4) is 0 Å². The summed E-state index contributed by atoms with van der Waals surface area (Å²) in [6.07, 6.45) is -2.02. The third-order valence-electron chi connectivity index (χ3n) is 3.47. The first-order chi connectivity index (χ1) is 9.90. The summed E-state index contributed by atoms with van der Waals surface area (Å²) in [4.78, 5) is 12.5. The summed E-state index contributed by atoms with van der Waals surface area (Å²) < 4.78 is 38.0. The first-order valence-electron chi connectivity index (χ1n) is 6.67. The van der Waals surface area contributed by atoms with Crippen LogP contribution in [0.25, 0.3) is 0 Å². The molecule has 1 aromatic carbocycles. The van der Waals surface area contributed by atoms with Gasteiger partial charge in [-0.1, -0.05) is 17.7 Å². The van der Waals surface area contributed by atoms with Crippen LogP contribution in [0.15, 0.2) is 24.3 Å². The van der Waals surface area contributed by atoms with Crippen molar-refractivity contribution >= 4 is 23.6 Å². The maximum absolute atomic E-state index is 12.7. The van der Waals surface area contributed by atoms with Crippen LogP contribution in [0.4, 0.5) is 18.9 Å². The third-order valence-corrected chi connectivity index (χ3v) is 3.85. The van der Waals surface area contributed by atoms with Crippen molar-refractivity contribution in [1.29, 1.82) is 0 Å². The quantitative estimate of drug-likeness (QED) is 0.524. The number of benzene rings is 1. The van der Waals surface area contributed by atoms with E-state index in [4.69, 9.17) is 11.6 Å². The minimum Gasteiger partial charge on any atom is -0.381 e. The van der Waals surface area contributed by atoms with Crippen molar-refractivity contribution in [1.82, 2.24) is 4.90 Å². The molecule has 0 aromatic heterocycles. The average molecular weight is 321 g/mol. The van der Waals surface area contributed by atoms with E-state index in [1.807, 2.05) is 4.90 Å². The van der Waals surface area contributed by atoms with E-state index < -0.39 is 17.2 Å². The van der Waals surface area contributed by atoms with Gasteiger partial charge in [-0.3, -0.25) is 4.90 Å². The SMILES string of the molecule is O=CC(Cl)N1CCC[C@@H](Nc2cccc(C(F)(F)F)c2)C1. The number of carbonyl (C=O) groups is 1. The molecule has 0 saturated carbocycles. The summed E-state index contributed by atoms with van der Waals surface area (Å²) >= 11 is 5.88. The van der Waals surface area contributed by atoms with Crippen molar-refractivity contribution in [3.8, 4) is 0 Å². The van der Waals surface area contributed by atoms with Gasteiger partial charge in [-0.15, -0.1) is 0 Å². The van der Waals surface area contributed by atoms with Crippen molar-refractivity contribution < 1.29 is 18.0 Å². The van der Waals surface area contributed by atoms with E-state index in [1.165, 1.54) is 6.07 Å². The van der Waals surface area contributed by atoms with Crippen molar-refractivity contribution in [2.45, 2.75) is 30.6 Å². The highest BCUT2D eigenvalue weighted by atomic mass is 35.5. The van der Waals surface area contributed by atoms with Gasteiger partial charge in [0.2, 0.25) is 0 Å². The number of hydrogen-bond donors (Lipinski definition) is 1. The molecule has 0 aliphatic carbocycles. The molecule has 0 amide bonds. The molecule has 1 heterocycles. The van der Waals surface area contributed by atoms with Gasteiger partial charge < -0.3 is 10.1 Å². The fourth-order valence-corrected chi connectivity index (χ4v) is 2.63. The topological polar surface area (TPSA) is 32.3 Å². The standard InChI is InChI=1S/C14H16ClF3N2O/c15-13(9-21)20-6-2-5-12(8-20)19-11-4-1-3-10(7-11)14(16,17)18/h1,3-4,7,9,12-13,19H,2,5-6,8H2/t12-,13?/m1/s1. The largest absolute Gasteiger partial charge is 0.416 e. The van der Waals surface area contributed by atoms with Crippen LogP contribution in [-0.2, 0) is 11.0 Å². The van der Waals surface area contributed by atoms with Gasteiger partial charge in [0, 0.05) is 24.8 Å². The second kappa shape index (κ2) is 6.66. The summed E-state index contributed by atoms with van der Waals surface area (Å²) in [5.41, 5.74) is -0.937.